The van der Waals surface area contributed by atoms with E-state index in [4.69, 9.17) is 4.52 Å². The summed E-state index contributed by atoms with van der Waals surface area (Å²) in [5.41, 5.74) is 0.841. The Hall–Kier alpha value is -1.40. The summed E-state index contributed by atoms with van der Waals surface area (Å²) < 4.78 is 5.22. The molecule has 3 rings (SSSR count). The summed E-state index contributed by atoms with van der Waals surface area (Å²) in [5, 5.41) is 17.3. The van der Waals surface area contributed by atoms with Gasteiger partial charge in [-0.05, 0) is 32.1 Å². The first kappa shape index (κ1) is 18.4. The second-order valence-corrected chi connectivity index (χ2v) is 7.63. The monoisotopic (exact) mass is 349 g/mol. The van der Waals surface area contributed by atoms with Crippen molar-refractivity contribution in [3.8, 4) is 0 Å². The number of nitrogens with zero attached hydrogens (tertiary/aromatic N) is 2. The largest absolute Gasteiger partial charge is 0.391 e. The van der Waals surface area contributed by atoms with Crippen LogP contribution in [-0.2, 0) is 0 Å². The van der Waals surface area contributed by atoms with Crippen molar-refractivity contribution < 1.29 is 14.4 Å². The van der Waals surface area contributed by atoms with Gasteiger partial charge in [0.25, 0.3) is 5.91 Å². The number of nitrogens with one attached hydrogen (secondary N) is 1. The van der Waals surface area contributed by atoms with Crippen LogP contribution >= 0.6 is 0 Å². The maximum atomic E-state index is 12.4. The first-order valence-electron chi connectivity index (χ1n) is 9.78. The van der Waals surface area contributed by atoms with E-state index < -0.39 is 0 Å². The molecule has 1 saturated heterocycles. The topological polar surface area (TPSA) is 78.6 Å². The van der Waals surface area contributed by atoms with Crippen molar-refractivity contribution in [1.82, 2.24) is 15.4 Å². The molecular formula is C19H31N3O3. The Labute approximate surface area is 149 Å². The van der Waals surface area contributed by atoms with Gasteiger partial charge in [-0.2, -0.15) is 0 Å². The average molecular weight is 349 g/mol. The molecule has 0 radical (unpaired) electrons. The fraction of sp³-hybridized carbons (Fsp3) is 0.789. The maximum absolute atomic E-state index is 12.4. The highest BCUT2D eigenvalue weighted by atomic mass is 16.5. The number of carbonyl (C=O) groups is 1. The average Bonchev–Trinajstić information content (AvgIpc) is 3.12. The van der Waals surface area contributed by atoms with Gasteiger partial charge in [0.05, 0.1) is 11.8 Å². The molecule has 1 saturated carbocycles. The molecule has 6 nitrogen and oxygen atoms in total. The number of rotatable bonds is 5. The van der Waals surface area contributed by atoms with Crippen LogP contribution in [0.4, 0.5) is 0 Å². The minimum atomic E-state index is -0.187. The SMILES string of the molecule is CCC(C)c1cc(C(=O)NC2CCN(C3CCCCC3O)CC2)on1. The van der Waals surface area contributed by atoms with Crippen molar-refractivity contribution in [3.63, 3.8) is 0 Å². The fourth-order valence-electron chi connectivity index (χ4n) is 3.99. The minimum absolute atomic E-state index is 0.168. The number of aliphatic hydroxyl groups excluding tert-OH is 1. The number of aliphatic hydroxyl groups is 1. The highest BCUT2D eigenvalue weighted by Crippen LogP contribution is 2.26. The number of hydrogen-bond acceptors (Lipinski definition) is 5. The number of carbonyl (C=O) groups excluding carboxylic acids is 1. The van der Waals surface area contributed by atoms with Crippen LogP contribution in [0.25, 0.3) is 0 Å². The molecule has 3 unspecified atom stereocenters. The number of amides is 1. The standard InChI is InChI=1S/C19H31N3O3/c1-3-13(2)15-12-18(25-21-15)19(24)20-14-8-10-22(11-9-14)16-6-4-5-7-17(16)23/h12-14,16-17,23H,3-11H2,1-2H3,(H,20,24). The summed E-state index contributed by atoms with van der Waals surface area (Å²) >= 11 is 0. The van der Waals surface area contributed by atoms with Crippen molar-refractivity contribution >= 4 is 5.91 Å². The summed E-state index contributed by atoms with van der Waals surface area (Å²) in [5.74, 6) is 0.439. The van der Waals surface area contributed by atoms with Crippen LogP contribution in [0.3, 0.4) is 0 Å². The summed E-state index contributed by atoms with van der Waals surface area (Å²) in [6.07, 6.45) is 6.98. The Morgan fingerprint density at radius 3 is 2.76 bits per heavy atom. The molecule has 140 valence electrons. The summed E-state index contributed by atoms with van der Waals surface area (Å²) in [6.45, 7) is 6.04. The normalized spacial score (nSPS) is 27.2. The van der Waals surface area contributed by atoms with Crippen molar-refractivity contribution in [2.45, 2.75) is 82.9 Å². The van der Waals surface area contributed by atoms with Gasteiger partial charge in [0, 0.05) is 37.2 Å². The number of piperidine rings is 1. The summed E-state index contributed by atoms with van der Waals surface area (Å²) in [4.78, 5) is 14.8. The van der Waals surface area contributed by atoms with Gasteiger partial charge in [-0.3, -0.25) is 9.69 Å². The Morgan fingerprint density at radius 1 is 1.36 bits per heavy atom. The Kier molecular flexibility index (Phi) is 6.12. The minimum Gasteiger partial charge on any atom is -0.391 e. The Morgan fingerprint density at radius 2 is 2.08 bits per heavy atom. The zero-order valence-corrected chi connectivity index (χ0v) is 15.4. The highest BCUT2D eigenvalue weighted by Gasteiger charge is 2.32. The van der Waals surface area contributed by atoms with Crippen LogP contribution in [0.2, 0.25) is 0 Å². The van der Waals surface area contributed by atoms with Crippen LogP contribution in [-0.4, -0.2) is 52.3 Å². The quantitative estimate of drug-likeness (QED) is 0.854. The molecule has 2 fully saturated rings. The smallest absolute Gasteiger partial charge is 0.290 e. The summed E-state index contributed by atoms with van der Waals surface area (Å²) in [7, 11) is 0. The molecule has 1 aromatic heterocycles. The second-order valence-electron chi connectivity index (χ2n) is 7.63. The molecule has 3 atom stereocenters. The van der Waals surface area contributed by atoms with Crippen LogP contribution in [0.1, 0.15) is 81.0 Å². The number of aromatic nitrogens is 1. The lowest BCUT2D eigenvalue weighted by atomic mass is 9.89. The van der Waals surface area contributed by atoms with Gasteiger partial charge in [0.1, 0.15) is 0 Å². The molecule has 1 aromatic rings. The van der Waals surface area contributed by atoms with E-state index in [1.54, 1.807) is 6.07 Å². The van der Waals surface area contributed by atoms with Crippen molar-refractivity contribution in [2.24, 2.45) is 0 Å². The van der Waals surface area contributed by atoms with Crippen LogP contribution in [0.15, 0.2) is 10.6 Å². The molecule has 0 spiro atoms. The first-order valence-corrected chi connectivity index (χ1v) is 9.78. The Bertz CT molecular complexity index is 566. The van der Waals surface area contributed by atoms with Gasteiger partial charge < -0.3 is 14.9 Å². The van der Waals surface area contributed by atoms with E-state index >= 15 is 0 Å². The van der Waals surface area contributed by atoms with Crippen LogP contribution in [0, 0.1) is 0 Å². The van der Waals surface area contributed by atoms with E-state index in [9.17, 15) is 9.90 Å². The van der Waals surface area contributed by atoms with E-state index in [2.05, 4.69) is 29.2 Å². The Balaban J connectivity index is 1.48. The molecule has 1 aliphatic carbocycles. The van der Waals surface area contributed by atoms with E-state index in [-0.39, 0.29) is 18.1 Å². The predicted molar refractivity (Wildman–Crippen MR) is 95.5 cm³/mol. The van der Waals surface area contributed by atoms with Gasteiger partial charge in [-0.25, -0.2) is 0 Å². The van der Waals surface area contributed by atoms with E-state index in [1.165, 1.54) is 6.42 Å². The second kappa shape index (κ2) is 8.32. The van der Waals surface area contributed by atoms with Gasteiger partial charge in [-0.15, -0.1) is 0 Å². The maximum Gasteiger partial charge on any atom is 0.290 e. The molecule has 2 aliphatic rings. The van der Waals surface area contributed by atoms with E-state index in [1.807, 2.05) is 0 Å². The zero-order valence-electron chi connectivity index (χ0n) is 15.4. The molecule has 2 heterocycles. The van der Waals surface area contributed by atoms with Crippen molar-refractivity contribution in [3.05, 3.63) is 17.5 Å². The molecule has 1 amide bonds. The lowest BCUT2D eigenvalue weighted by molar-refractivity contribution is 0.00719. The lowest BCUT2D eigenvalue weighted by Gasteiger charge is -2.41. The van der Waals surface area contributed by atoms with Crippen LogP contribution < -0.4 is 5.32 Å². The number of likely N-dealkylation sites (tertiary alicyclic amines) is 1. The third-order valence-electron chi connectivity index (χ3n) is 5.90. The summed E-state index contributed by atoms with van der Waals surface area (Å²) in [6, 6.07) is 2.23. The molecule has 25 heavy (non-hydrogen) atoms. The van der Waals surface area contributed by atoms with Gasteiger partial charge in [0.2, 0.25) is 5.76 Å². The van der Waals surface area contributed by atoms with Gasteiger partial charge >= 0.3 is 0 Å². The van der Waals surface area contributed by atoms with Crippen molar-refractivity contribution in [1.29, 1.82) is 0 Å². The first-order chi connectivity index (χ1) is 12.1. The molecule has 2 N–H and O–H groups in total. The molecule has 6 heteroatoms. The third-order valence-corrected chi connectivity index (χ3v) is 5.90. The molecule has 1 aliphatic heterocycles. The molecule has 0 aromatic carbocycles. The molecular weight excluding hydrogens is 318 g/mol. The van der Waals surface area contributed by atoms with E-state index in [0.717, 1.165) is 57.3 Å². The lowest BCUT2D eigenvalue weighted by Crippen LogP contribution is -2.52. The highest BCUT2D eigenvalue weighted by molar-refractivity contribution is 5.91. The van der Waals surface area contributed by atoms with E-state index in [0.29, 0.717) is 17.7 Å². The molecule has 0 bridgehead atoms. The van der Waals surface area contributed by atoms with Gasteiger partial charge in [-0.1, -0.05) is 31.8 Å². The predicted octanol–water partition coefficient (Wildman–Crippen LogP) is 2.69. The van der Waals surface area contributed by atoms with Crippen LogP contribution in [0.5, 0.6) is 0 Å². The van der Waals surface area contributed by atoms with Crippen molar-refractivity contribution in [2.75, 3.05) is 13.1 Å². The fourth-order valence-corrected chi connectivity index (χ4v) is 3.99. The van der Waals surface area contributed by atoms with Gasteiger partial charge in [0.15, 0.2) is 0 Å². The number of hydrogen-bond donors (Lipinski definition) is 2. The third kappa shape index (κ3) is 4.42. The zero-order chi connectivity index (χ0) is 17.8.